The van der Waals surface area contributed by atoms with Crippen molar-refractivity contribution in [2.45, 2.75) is 32.9 Å². The number of rotatable bonds is 6. The fourth-order valence-electron chi connectivity index (χ4n) is 3.65. The summed E-state index contributed by atoms with van der Waals surface area (Å²) in [5.41, 5.74) is 0.494. The Morgan fingerprint density at radius 2 is 1.94 bits per heavy atom. The van der Waals surface area contributed by atoms with Gasteiger partial charge in [0.05, 0.1) is 23.5 Å². The van der Waals surface area contributed by atoms with Crippen molar-refractivity contribution in [2.24, 2.45) is 5.92 Å². The molecule has 0 spiro atoms. The quantitative estimate of drug-likeness (QED) is 0.648. The number of benzene rings is 1. The van der Waals surface area contributed by atoms with Gasteiger partial charge in [-0.05, 0) is 32.0 Å². The fourth-order valence-corrected chi connectivity index (χ4v) is 4.28. The van der Waals surface area contributed by atoms with E-state index in [1.165, 1.54) is 25.0 Å². The van der Waals surface area contributed by atoms with Crippen molar-refractivity contribution in [2.75, 3.05) is 58.0 Å². The highest BCUT2D eigenvalue weighted by Gasteiger charge is 2.30. The Bertz CT molecular complexity index is 938. The SMILES string of the molecule is CCS(=O)(=O)Nc1ccc2c(c1)C(=O)N(C)C[C@H](OC)[C@@H](C)CN(C(=O)COC)[C@H](C)CO2. The Kier molecular flexibility index (Phi) is 9.50. The molecule has 3 atom stereocenters. The maximum absolute atomic E-state index is 13.3. The molecule has 0 aliphatic carbocycles. The van der Waals surface area contributed by atoms with Gasteiger partial charge in [0.1, 0.15) is 19.0 Å². The highest BCUT2D eigenvalue weighted by molar-refractivity contribution is 7.92. The summed E-state index contributed by atoms with van der Waals surface area (Å²) in [5.74, 6) is -0.348. The number of nitrogens with zero attached hydrogens (tertiary/aromatic N) is 2. The number of hydrogen-bond donors (Lipinski definition) is 1. The molecule has 1 aliphatic heterocycles. The van der Waals surface area contributed by atoms with Gasteiger partial charge in [-0.3, -0.25) is 14.3 Å². The third kappa shape index (κ3) is 7.05. The van der Waals surface area contributed by atoms with Gasteiger partial charge in [-0.15, -0.1) is 0 Å². The molecule has 10 nitrogen and oxygen atoms in total. The molecule has 186 valence electrons. The van der Waals surface area contributed by atoms with Crippen molar-refractivity contribution >= 4 is 27.5 Å². The molecule has 2 rings (SSSR count). The summed E-state index contributed by atoms with van der Waals surface area (Å²) in [6.45, 7) is 6.14. The zero-order valence-electron chi connectivity index (χ0n) is 20.2. The van der Waals surface area contributed by atoms with Gasteiger partial charge in [-0.1, -0.05) is 6.92 Å². The van der Waals surface area contributed by atoms with E-state index in [0.717, 1.165) is 0 Å². The molecule has 0 aromatic heterocycles. The lowest BCUT2D eigenvalue weighted by molar-refractivity contribution is -0.139. The number of fused-ring (bicyclic) bond motifs is 1. The molecule has 0 bridgehead atoms. The molecule has 1 aromatic rings. The summed E-state index contributed by atoms with van der Waals surface area (Å²) < 4.78 is 43.1. The Morgan fingerprint density at radius 3 is 2.55 bits per heavy atom. The lowest BCUT2D eigenvalue weighted by atomic mass is 10.0. The zero-order valence-corrected chi connectivity index (χ0v) is 21.0. The van der Waals surface area contributed by atoms with E-state index in [1.807, 2.05) is 13.8 Å². The van der Waals surface area contributed by atoms with Gasteiger partial charge in [0, 0.05) is 46.0 Å². The van der Waals surface area contributed by atoms with Crippen LogP contribution in [0.4, 0.5) is 5.69 Å². The van der Waals surface area contributed by atoms with E-state index in [-0.39, 0.29) is 66.6 Å². The van der Waals surface area contributed by atoms with Crippen LogP contribution in [-0.4, -0.2) is 95.5 Å². The first kappa shape index (κ1) is 26.9. The van der Waals surface area contributed by atoms with Crippen molar-refractivity contribution < 1.29 is 32.2 Å². The number of sulfonamides is 1. The molecule has 1 aliphatic rings. The van der Waals surface area contributed by atoms with Crippen molar-refractivity contribution in [1.82, 2.24) is 9.80 Å². The van der Waals surface area contributed by atoms with Gasteiger partial charge in [0.25, 0.3) is 5.91 Å². The van der Waals surface area contributed by atoms with Gasteiger partial charge in [-0.25, -0.2) is 8.42 Å². The largest absolute Gasteiger partial charge is 0.491 e. The summed E-state index contributed by atoms with van der Waals surface area (Å²) in [7, 11) is 1.18. The van der Waals surface area contributed by atoms with Crippen molar-refractivity contribution in [3.05, 3.63) is 23.8 Å². The van der Waals surface area contributed by atoms with Crippen LogP contribution in [0.1, 0.15) is 31.1 Å². The predicted octanol–water partition coefficient (Wildman–Crippen LogP) is 1.43. The Labute approximate surface area is 196 Å². The van der Waals surface area contributed by atoms with Crippen LogP contribution >= 0.6 is 0 Å². The summed E-state index contributed by atoms with van der Waals surface area (Å²) >= 11 is 0. The highest BCUT2D eigenvalue weighted by atomic mass is 32.2. The zero-order chi connectivity index (χ0) is 24.8. The van der Waals surface area contributed by atoms with Crippen molar-refractivity contribution in [1.29, 1.82) is 0 Å². The average Bonchev–Trinajstić information content (AvgIpc) is 2.78. The number of carbonyl (C=O) groups is 2. The molecule has 0 saturated carbocycles. The molecular formula is C22H35N3O7S. The van der Waals surface area contributed by atoms with Crippen molar-refractivity contribution in [3.8, 4) is 5.75 Å². The third-order valence-corrected chi connectivity index (χ3v) is 6.99. The van der Waals surface area contributed by atoms with E-state index < -0.39 is 10.0 Å². The Hall–Kier alpha value is -2.37. The maximum atomic E-state index is 13.3. The Morgan fingerprint density at radius 1 is 1.24 bits per heavy atom. The monoisotopic (exact) mass is 485 g/mol. The van der Waals surface area contributed by atoms with E-state index in [2.05, 4.69) is 4.72 Å². The summed E-state index contributed by atoms with van der Waals surface area (Å²) in [6.07, 6.45) is -0.324. The van der Waals surface area contributed by atoms with Crippen LogP contribution in [-0.2, 0) is 24.3 Å². The molecule has 0 unspecified atom stereocenters. The van der Waals surface area contributed by atoms with Gasteiger partial charge < -0.3 is 24.0 Å². The molecule has 1 N–H and O–H groups in total. The summed E-state index contributed by atoms with van der Waals surface area (Å²) in [4.78, 5) is 29.2. The number of hydrogen-bond acceptors (Lipinski definition) is 7. The van der Waals surface area contributed by atoms with Crippen LogP contribution in [0.5, 0.6) is 5.75 Å². The van der Waals surface area contributed by atoms with E-state index in [0.29, 0.717) is 12.3 Å². The second-order valence-corrected chi connectivity index (χ2v) is 10.3. The molecule has 1 aromatic carbocycles. The molecular weight excluding hydrogens is 450 g/mol. The molecule has 33 heavy (non-hydrogen) atoms. The van der Waals surface area contributed by atoms with E-state index in [4.69, 9.17) is 14.2 Å². The predicted molar refractivity (Wildman–Crippen MR) is 125 cm³/mol. The standard InChI is InChI=1S/C22H35N3O7S/c1-7-33(28,29)23-17-8-9-19-18(10-17)22(27)24(4)12-20(31-6)15(2)11-25(16(3)13-32-19)21(26)14-30-5/h8-10,15-16,20,23H,7,11-14H2,1-6H3/t15-,16+,20-/m0/s1. The first-order valence-corrected chi connectivity index (χ1v) is 12.5. The van der Waals surface area contributed by atoms with Crippen LogP contribution < -0.4 is 9.46 Å². The van der Waals surface area contributed by atoms with E-state index in [1.54, 1.807) is 31.2 Å². The second kappa shape index (κ2) is 11.7. The second-order valence-electron chi connectivity index (χ2n) is 8.29. The minimum atomic E-state index is -3.51. The molecule has 0 fully saturated rings. The molecule has 0 saturated heterocycles. The third-order valence-electron chi connectivity index (χ3n) is 5.69. The smallest absolute Gasteiger partial charge is 0.257 e. The number of likely N-dealkylation sites (N-methyl/N-ethyl adjacent to an activating group) is 1. The fraction of sp³-hybridized carbons (Fsp3) is 0.636. The lowest BCUT2D eigenvalue weighted by Gasteiger charge is -2.36. The number of amides is 2. The molecule has 1 heterocycles. The first-order valence-electron chi connectivity index (χ1n) is 10.9. The van der Waals surface area contributed by atoms with Crippen LogP contribution in [0, 0.1) is 5.92 Å². The maximum Gasteiger partial charge on any atom is 0.257 e. The van der Waals surface area contributed by atoms with Gasteiger partial charge >= 0.3 is 0 Å². The average molecular weight is 486 g/mol. The summed E-state index contributed by atoms with van der Waals surface area (Å²) in [5, 5.41) is 0. The molecule has 2 amide bonds. The van der Waals surface area contributed by atoms with Crippen LogP contribution in [0.3, 0.4) is 0 Å². The van der Waals surface area contributed by atoms with Gasteiger partial charge in [0.2, 0.25) is 15.9 Å². The Balaban J connectivity index is 2.47. The normalized spacial score (nSPS) is 22.6. The number of anilines is 1. The van der Waals surface area contributed by atoms with Crippen LogP contribution in [0.25, 0.3) is 0 Å². The number of nitrogens with one attached hydrogen (secondary N) is 1. The number of ether oxygens (including phenoxy) is 3. The lowest BCUT2D eigenvalue weighted by Crippen LogP contribution is -2.49. The minimum Gasteiger partial charge on any atom is -0.491 e. The van der Waals surface area contributed by atoms with Gasteiger partial charge in [0.15, 0.2) is 0 Å². The molecule has 11 heteroatoms. The topological polar surface area (TPSA) is 114 Å². The number of carbonyl (C=O) groups excluding carboxylic acids is 2. The van der Waals surface area contributed by atoms with E-state index >= 15 is 0 Å². The van der Waals surface area contributed by atoms with Crippen molar-refractivity contribution in [3.63, 3.8) is 0 Å². The van der Waals surface area contributed by atoms with E-state index in [9.17, 15) is 18.0 Å². The first-order chi connectivity index (χ1) is 15.5. The molecule has 0 radical (unpaired) electrons. The summed E-state index contributed by atoms with van der Waals surface area (Å²) in [6, 6.07) is 4.27. The minimum absolute atomic E-state index is 0.0510. The highest BCUT2D eigenvalue weighted by Crippen LogP contribution is 2.27. The van der Waals surface area contributed by atoms with Gasteiger partial charge in [-0.2, -0.15) is 0 Å². The van der Waals surface area contributed by atoms with Crippen LogP contribution in [0.2, 0.25) is 0 Å². The van der Waals surface area contributed by atoms with Crippen LogP contribution in [0.15, 0.2) is 18.2 Å². The number of methoxy groups -OCH3 is 2.